The lowest BCUT2D eigenvalue weighted by Crippen LogP contribution is -2.04. The molecule has 1 heterocycles. The first-order valence-electron chi connectivity index (χ1n) is 12.5. The molecular weight excluding hydrogens is 494 g/mol. The molecule has 0 aliphatic rings. The monoisotopic (exact) mass is 525 g/mol. The van der Waals surface area contributed by atoms with Gasteiger partial charge in [0.05, 0.1) is 34.1 Å². The second-order valence-corrected chi connectivity index (χ2v) is 9.22. The number of benzene rings is 4. The van der Waals surface area contributed by atoms with Crippen LogP contribution >= 0.6 is 0 Å². The zero-order valence-corrected chi connectivity index (χ0v) is 22.4. The molecule has 1 aromatic heterocycles. The Bertz CT molecular complexity index is 1580. The van der Waals surface area contributed by atoms with Crippen LogP contribution < -0.4 is 18.9 Å². The number of phenols is 2. The lowest BCUT2D eigenvalue weighted by molar-refractivity contribution is 0.324. The molecule has 7 nitrogen and oxygen atoms in total. The Morgan fingerprint density at radius 2 is 1.23 bits per heavy atom. The maximum Gasteiger partial charge on any atom is 0.203 e. The number of ether oxygens (including phenoxy) is 4. The summed E-state index contributed by atoms with van der Waals surface area (Å²) in [6.07, 6.45) is 0.610. The molecule has 200 valence electrons. The van der Waals surface area contributed by atoms with Crippen LogP contribution in [-0.2, 0) is 13.0 Å². The standard InChI is InChI=1S/C32H31NO6/c1-36-25-13-14-28-26(18-25)27(15-20-5-9-23(34)10-6-20)31(33(28)19-21-7-11-24(35)12-8-21)22-16-29(37-2)32(39-4)30(17-22)38-3/h5-14,16-18,34-35H,15,19H2,1-4H3. The van der Waals surface area contributed by atoms with Crippen LogP contribution in [0.15, 0.2) is 78.9 Å². The third-order valence-corrected chi connectivity index (χ3v) is 6.91. The van der Waals surface area contributed by atoms with Crippen molar-refractivity contribution in [2.75, 3.05) is 28.4 Å². The number of rotatable bonds is 9. The van der Waals surface area contributed by atoms with E-state index in [1.807, 2.05) is 42.5 Å². The Morgan fingerprint density at radius 3 is 1.77 bits per heavy atom. The van der Waals surface area contributed by atoms with Gasteiger partial charge in [-0.2, -0.15) is 0 Å². The molecule has 5 rings (SSSR count). The first kappa shape index (κ1) is 25.9. The predicted octanol–water partition coefficient (Wildman–Crippen LogP) is 6.39. The van der Waals surface area contributed by atoms with Crippen molar-refractivity contribution in [2.45, 2.75) is 13.0 Å². The highest BCUT2D eigenvalue weighted by molar-refractivity contribution is 5.94. The van der Waals surface area contributed by atoms with Gasteiger partial charge in [-0.15, -0.1) is 0 Å². The molecular formula is C32H31NO6. The molecule has 0 aliphatic carbocycles. The largest absolute Gasteiger partial charge is 0.508 e. The topological polar surface area (TPSA) is 82.3 Å². The first-order valence-corrected chi connectivity index (χ1v) is 12.5. The number of hydrogen-bond acceptors (Lipinski definition) is 6. The van der Waals surface area contributed by atoms with Crippen molar-refractivity contribution < 1.29 is 29.2 Å². The maximum absolute atomic E-state index is 9.87. The molecule has 0 bridgehead atoms. The fraction of sp³-hybridized carbons (Fsp3) is 0.188. The number of fused-ring (bicyclic) bond motifs is 1. The van der Waals surface area contributed by atoms with Crippen LogP contribution in [0.2, 0.25) is 0 Å². The summed E-state index contributed by atoms with van der Waals surface area (Å²) in [4.78, 5) is 0. The smallest absolute Gasteiger partial charge is 0.203 e. The molecule has 0 unspecified atom stereocenters. The molecule has 0 saturated heterocycles. The normalized spacial score (nSPS) is 11.0. The molecule has 5 aromatic rings. The maximum atomic E-state index is 9.87. The number of phenolic OH excluding ortho intramolecular Hbond substituents is 2. The summed E-state index contributed by atoms with van der Waals surface area (Å²) in [5.41, 5.74) is 6.08. The fourth-order valence-corrected chi connectivity index (χ4v) is 5.02. The summed E-state index contributed by atoms with van der Waals surface area (Å²) in [5, 5.41) is 20.8. The molecule has 0 fully saturated rings. The molecule has 7 heteroatoms. The number of methoxy groups -OCH3 is 4. The Morgan fingerprint density at radius 1 is 0.641 bits per heavy atom. The molecule has 0 aliphatic heterocycles. The van der Waals surface area contributed by atoms with E-state index < -0.39 is 0 Å². The molecule has 0 spiro atoms. The van der Waals surface area contributed by atoms with Gasteiger partial charge < -0.3 is 33.7 Å². The van der Waals surface area contributed by atoms with E-state index in [0.717, 1.165) is 44.6 Å². The quantitative estimate of drug-likeness (QED) is 0.232. The lowest BCUT2D eigenvalue weighted by atomic mass is 9.97. The van der Waals surface area contributed by atoms with Crippen LogP contribution in [0, 0.1) is 0 Å². The summed E-state index contributed by atoms with van der Waals surface area (Å²) in [6, 6.07) is 24.5. The van der Waals surface area contributed by atoms with E-state index in [-0.39, 0.29) is 11.5 Å². The van der Waals surface area contributed by atoms with Crippen molar-refractivity contribution >= 4 is 10.9 Å². The molecule has 0 atom stereocenters. The van der Waals surface area contributed by atoms with Crippen LogP contribution in [0.5, 0.6) is 34.5 Å². The van der Waals surface area contributed by atoms with Gasteiger partial charge in [-0.1, -0.05) is 24.3 Å². The van der Waals surface area contributed by atoms with Gasteiger partial charge in [0.1, 0.15) is 17.2 Å². The van der Waals surface area contributed by atoms with Crippen molar-refractivity contribution in [1.82, 2.24) is 4.57 Å². The average Bonchev–Trinajstić information content (AvgIpc) is 3.26. The van der Waals surface area contributed by atoms with Gasteiger partial charge in [0.2, 0.25) is 5.75 Å². The van der Waals surface area contributed by atoms with E-state index in [2.05, 4.69) is 16.7 Å². The number of nitrogens with zero attached hydrogens (tertiary/aromatic N) is 1. The second-order valence-electron chi connectivity index (χ2n) is 9.22. The molecule has 4 aromatic carbocycles. The van der Waals surface area contributed by atoms with E-state index in [1.54, 1.807) is 52.7 Å². The zero-order valence-electron chi connectivity index (χ0n) is 22.4. The van der Waals surface area contributed by atoms with Crippen LogP contribution in [0.4, 0.5) is 0 Å². The Hall–Kier alpha value is -4.78. The van der Waals surface area contributed by atoms with Crippen molar-refractivity contribution in [2.24, 2.45) is 0 Å². The van der Waals surface area contributed by atoms with Gasteiger partial charge in [0.25, 0.3) is 0 Å². The van der Waals surface area contributed by atoms with E-state index in [1.165, 1.54) is 0 Å². The van der Waals surface area contributed by atoms with Crippen molar-refractivity contribution in [3.05, 3.63) is 95.6 Å². The highest BCUT2D eigenvalue weighted by atomic mass is 16.5. The summed E-state index contributed by atoms with van der Waals surface area (Å²) >= 11 is 0. The minimum absolute atomic E-state index is 0.221. The van der Waals surface area contributed by atoms with Gasteiger partial charge in [-0.05, 0) is 71.3 Å². The Kier molecular flexibility index (Phi) is 7.23. The summed E-state index contributed by atoms with van der Waals surface area (Å²) in [7, 11) is 6.46. The van der Waals surface area contributed by atoms with Crippen LogP contribution in [0.25, 0.3) is 22.2 Å². The van der Waals surface area contributed by atoms with Crippen LogP contribution in [0.3, 0.4) is 0 Å². The third kappa shape index (κ3) is 5.03. The highest BCUT2D eigenvalue weighted by Gasteiger charge is 2.23. The van der Waals surface area contributed by atoms with Crippen LogP contribution in [0.1, 0.15) is 16.7 Å². The number of aromatic nitrogens is 1. The fourth-order valence-electron chi connectivity index (χ4n) is 5.02. The minimum atomic E-state index is 0.221. The summed E-state index contributed by atoms with van der Waals surface area (Å²) in [6.45, 7) is 0.560. The van der Waals surface area contributed by atoms with E-state index in [0.29, 0.717) is 30.2 Å². The molecule has 39 heavy (non-hydrogen) atoms. The molecule has 0 amide bonds. The van der Waals surface area contributed by atoms with Crippen molar-refractivity contribution in [3.63, 3.8) is 0 Å². The number of aromatic hydroxyl groups is 2. The second kappa shape index (κ2) is 10.9. The van der Waals surface area contributed by atoms with Crippen LogP contribution in [-0.4, -0.2) is 43.2 Å². The van der Waals surface area contributed by atoms with E-state index >= 15 is 0 Å². The molecule has 0 radical (unpaired) electrons. The van der Waals surface area contributed by atoms with Gasteiger partial charge >= 0.3 is 0 Å². The Labute approximate surface area is 227 Å². The van der Waals surface area contributed by atoms with Crippen molar-refractivity contribution in [3.8, 4) is 45.8 Å². The SMILES string of the molecule is COc1ccc2c(c1)c(Cc1ccc(O)cc1)c(-c1cc(OC)c(OC)c(OC)c1)n2Cc1ccc(O)cc1. The third-order valence-electron chi connectivity index (χ3n) is 6.91. The minimum Gasteiger partial charge on any atom is -0.508 e. The van der Waals surface area contributed by atoms with E-state index in [4.69, 9.17) is 18.9 Å². The average molecular weight is 526 g/mol. The Balaban J connectivity index is 1.83. The summed E-state index contributed by atoms with van der Waals surface area (Å²) < 4.78 is 24.9. The first-order chi connectivity index (χ1) is 18.9. The lowest BCUT2D eigenvalue weighted by Gasteiger charge is -2.17. The van der Waals surface area contributed by atoms with Gasteiger partial charge in [0, 0.05) is 29.4 Å². The van der Waals surface area contributed by atoms with Gasteiger partial charge in [-0.3, -0.25) is 0 Å². The number of hydrogen-bond donors (Lipinski definition) is 2. The highest BCUT2D eigenvalue weighted by Crippen LogP contribution is 2.45. The summed E-state index contributed by atoms with van der Waals surface area (Å²) in [5.74, 6) is 2.83. The zero-order chi connectivity index (χ0) is 27.5. The molecule has 2 N–H and O–H groups in total. The predicted molar refractivity (Wildman–Crippen MR) is 152 cm³/mol. The van der Waals surface area contributed by atoms with Gasteiger partial charge in [-0.25, -0.2) is 0 Å². The van der Waals surface area contributed by atoms with Gasteiger partial charge in [0.15, 0.2) is 11.5 Å². The molecule has 0 saturated carbocycles. The van der Waals surface area contributed by atoms with Crippen molar-refractivity contribution in [1.29, 1.82) is 0 Å². The van der Waals surface area contributed by atoms with E-state index in [9.17, 15) is 10.2 Å².